The van der Waals surface area contributed by atoms with Gasteiger partial charge in [0.2, 0.25) is 0 Å². The molecule has 48 valence electrons. The Labute approximate surface area is 59.8 Å². The second-order valence-electron chi connectivity index (χ2n) is 1.85. The Hall–Kier alpha value is -0.560. The van der Waals surface area contributed by atoms with E-state index in [1.54, 1.807) is 0 Å². The molecule has 0 aliphatic carbocycles. The smallest absolute Gasteiger partial charge is 0.00828 e. The molecule has 0 bridgehead atoms. The zero-order valence-electron chi connectivity index (χ0n) is 5.50. The summed E-state index contributed by atoms with van der Waals surface area (Å²) < 4.78 is 0. The van der Waals surface area contributed by atoms with Crippen molar-refractivity contribution < 1.29 is 0 Å². The Morgan fingerprint density at radius 3 is 3.11 bits per heavy atom. The molecule has 9 heavy (non-hydrogen) atoms. The fraction of sp³-hybridized carbons (Fsp3) is 0.250. The zero-order chi connectivity index (χ0) is 6.53. The third kappa shape index (κ3) is 2.02. The minimum atomic E-state index is 1.09. The molecule has 0 radical (unpaired) electrons. The van der Waals surface area contributed by atoms with Crippen molar-refractivity contribution in [2.24, 2.45) is 0 Å². The molecule has 1 rings (SSSR count). The fourth-order valence-corrected chi connectivity index (χ4v) is 1.34. The molecule has 1 aromatic heterocycles. The summed E-state index contributed by atoms with van der Waals surface area (Å²) in [4.78, 5) is 1.44. The van der Waals surface area contributed by atoms with Crippen LogP contribution in [0.5, 0.6) is 0 Å². The van der Waals surface area contributed by atoms with Crippen molar-refractivity contribution in [3.63, 3.8) is 0 Å². The molecule has 0 unspecified atom stereocenters. The van der Waals surface area contributed by atoms with Crippen LogP contribution >= 0.6 is 11.3 Å². The van der Waals surface area contributed by atoms with E-state index in [-0.39, 0.29) is 0 Å². The largest absolute Gasteiger partial charge is 0.149 e. The Morgan fingerprint density at radius 2 is 2.56 bits per heavy atom. The first-order valence-corrected chi connectivity index (χ1v) is 3.95. The van der Waals surface area contributed by atoms with Crippen LogP contribution in [0.1, 0.15) is 11.8 Å². The Balaban J connectivity index is 2.48. The molecule has 0 N–H and O–H groups in total. The van der Waals surface area contributed by atoms with E-state index >= 15 is 0 Å². The number of hydrogen-bond donors (Lipinski definition) is 0. The standard InChI is InChI=1S/C8H10S/c1-2-3-5-8-6-4-7-9-8/h2-4,6-7H,5H2,1H3/b3-2-. The topological polar surface area (TPSA) is 0 Å². The van der Waals surface area contributed by atoms with E-state index in [1.165, 1.54) is 4.88 Å². The van der Waals surface area contributed by atoms with Crippen molar-refractivity contribution in [1.29, 1.82) is 0 Å². The van der Waals surface area contributed by atoms with Gasteiger partial charge in [-0.05, 0) is 24.8 Å². The van der Waals surface area contributed by atoms with Crippen molar-refractivity contribution in [2.75, 3.05) is 0 Å². The zero-order valence-corrected chi connectivity index (χ0v) is 6.32. The van der Waals surface area contributed by atoms with Gasteiger partial charge in [-0.1, -0.05) is 18.2 Å². The van der Waals surface area contributed by atoms with Gasteiger partial charge < -0.3 is 0 Å². The summed E-state index contributed by atoms with van der Waals surface area (Å²) in [5.41, 5.74) is 0. The average Bonchev–Trinajstić information content (AvgIpc) is 2.34. The third-order valence-corrected chi connectivity index (χ3v) is 2.03. The second-order valence-corrected chi connectivity index (χ2v) is 2.88. The Kier molecular flexibility index (Phi) is 2.52. The van der Waals surface area contributed by atoms with Gasteiger partial charge in [0.1, 0.15) is 0 Å². The lowest BCUT2D eigenvalue weighted by Gasteiger charge is -1.83. The van der Waals surface area contributed by atoms with E-state index in [2.05, 4.69) is 29.7 Å². The first kappa shape index (κ1) is 6.56. The highest BCUT2D eigenvalue weighted by atomic mass is 32.1. The van der Waals surface area contributed by atoms with E-state index in [1.807, 2.05) is 18.3 Å². The lowest BCUT2D eigenvalue weighted by atomic mass is 10.3. The van der Waals surface area contributed by atoms with Gasteiger partial charge in [0.05, 0.1) is 0 Å². The van der Waals surface area contributed by atoms with Crippen molar-refractivity contribution >= 4 is 11.3 Å². The molecular formula is C8H10S. The summed E-state index contributed by atoms with van der Waals surface area (Å²) in [6, 6.07) is 4.24. The quantitative estimate of drug-likeness (QED) is 0.551. The van der Waals surface area contributed by atoms with Crippen molar-refractivity contribution in [3.05, 3.63) is 34.5 Å². The first-order chi connectivity index (χ1) is 4.43. The molecule has 1 heterocycles. The highest BCUT2D eigenvalue weighted by Gasteiger charge is 1.85. The van der Waals surface area contributed by atoms with Gasteiger partial charge in [-0.25, -0.2) is 0 Å². The predicted octanol–water partition coefficient (Wildman–Crippen LogP) is 2.87. The molecule has 0 aliphatic rings. The maximum atomic E-state index is 2.17. The Morgan fingerprint density at radius 1 is 1.67 bits per heavy atom. The predicted molar refractivity (Wildman–Crippen MR) is 42.8 cm³/mol. The van der Waals surface area contributed by atoms with E-state index in [0.29, 0.717) is 0 Å². The van der Waals surface area contributed by atoms with Crippen LogP contribution in [0.15, 0.2) is 29.7 Å². The van der Waals surface area contributed by atoms with Gasteiger partial charge in [0.25, 0.3) is 0 Å². The van der Waals surface area contributed by atoms with Crippen molar-refractivity contribution in [2.45, 2.75) is 13.3 Å². The SMILES string of the molecule is C/C=C\Cc1cccs1. The highest BCUT2D eigenvalue weighted by Crippen LogP contribution is 2.08. The summed E-state index contributed by atoms with van der Waals surface area (Å²) in [5.74, 6) is 0. The van der Waals surface area contributed by atoms with E-state index in [9.17, 15) is 0 Å². The number of thiophene rings is 1. The van der Waals surface area contributed by atoms with Crippen LogP contribution in [-0.4, -0.2) is 0 Å². The van der Waals surface area contributed by atoms with Crippen molar-refractivity contribution in [1.82, 2.24) is 0 Å². The third-order valence-electron chi connectivity index (χ3n) is 1.13. The minimum Gasteiger partial charge on any atom is -0.149 e. The summed E-state index contributed by atoms with van der Waals surface area (Å²) in [5, 5.41) is 2.11. The van der Waals surface area contributed by atoms with Crippen LogP contribution in [0.3, 0.4) is 0 Å². The first-order valence-electron chi connectivity index (χ1n) is 3.07. The van der Waals surface area contributed by atoms with E-state index in [0.717, 1.165) is 6.42 Å². The van der Waals surface area contributed by atoms with Crippen LogP contribution in [0.2, 0.25) is 0 Å². The van der Waals surface area contributed by atoms with Crippen LogP contribution in [0.4, 0.5) is 0 Å². The maximum Gasteiger partial charge on any atom is 0.00828 e. The van der Waals surface area contributed by atoms with Gasteiger partial charge in [0.15, 0.2) is 0 Å². The average molecular weight is 138 g/mol. The normalized spacial score (nSPS) is 10.8. The summed E-state index contributed by atoms with van der Waals surface area (Å²) in [6.45, 7) is 2.05. The second kappa shape index (κ2) is 3.46. The van der Waals surface area contributed by atoms with Gasteiger partial charge >= 0.3 is 0 Å². The van der Waals surface area contributed by atoms with Crippen molar-refractivity contribution in [3.8, 4) is 0 Å². The Bertz CT molecular complexity index is 172. The number of allylic oxidation sites excluding steroid dienone is 2. The maximum absolute atomic E-state index is 2.17. The van der Waals surface area contributed by atoms with Gasteiger partial charge in [-0.15, -0.1) is 11.3 Å². The van der Waals surface area contributed by atoms with E-state index < -0.39 is 0 Å². The molecule has 0 saturated heterocycles. The molecule has 0 fully saturated rings. The van der Waals surface area contributed by atoms with Crippen LogP contribution in [-0.2, 0) is 6.42 Å². The molecule has 0 atom stereocenters. The number of rotatable bonds is 2. The fourth-order valence-electron chi connectivity index (χ4n) is 0.663. The molecule has 0 amide bonds. The van der Waals surface area contributed by atoms with E-state index in [4.69, 9.17) is 0 Å². The monoisotopic (exact) mass is 138 g/mol. The van der Waals surface area contributed by atoms with Gasteiger partial charge in [-0.3, -0.25) is 0 Å². The molecule has 0 spiro atoms. The summed E-state index contributed by atoms with van der Waals surface area (Å²) in [6.07, 6.45) is 5.35. The minimum absolute atomic E-state index is 1.09. The number of hydrogen-bond acceptors (Lipinski definition) is 1. The summed E-state index contributed by atoms with van der Waals surface area (Å²) in [7, 11) is 0. The molecule has 0 nitrogen and oxygen atoms in total. The van der Waals surface area contributed by atoms with Crippen LogP contribution < -0.4 is 0 Å². The molecule has 0 saturated carbocycles. The van der Waals surface area contributed by atoms with Gasteiger partial charge in [-0.2, -0.15) is 0 Å². The molecular weight excluding hydrogens is 128 g/mol. The highest BCUT2D eigenvalue weighted by molar-refractivity contribution is 7.09. The summed E-state index contributed by atoms with van der Waals surface area (Å²) >= 11 is 1.81. The molecule has 1 aromatic rings. The molecule has 0 aliphatic heterocycles. The van der Waals surface area contributed by atoms with Crippen LogP contribution in [0, 0.1) is 0 Å². The molecule has 0 aromatic carbocycles. The molecule has 1 heteroatoms. The van der Waals surface area contributed by atoms with Crippen LogP contribution in [0.25, 0.3) is 0 Å². The lowest BCUT2D eigenvalue weighted by Crippen LogP contribution is -1.68. The van der Waals surface area contributed by atoms with Gasteiger partial charge in [0, 0.05) is 4.88 Å². The lowest BCUT2D eigenvalue weighted by molar-refractivity contribution is 1.33.